The SMILES string of the molecule is ON=C(Cc1ccc(Cl)cc1)c1ccc(O)cc1O. The Morgan fingerprint density at radius 1 is 1.05 bits per heavy atom. The van der Waals surface area contributed by atoms with Crippen LogP contribution < -0.4 is 0 Å². The van der Waals surface area contributed by atoms with Gasteiger partial charge >= 0.3 is 0 Å². The Bertz CT molecular complexity index is 609. The molecule has 0 amide bonds. The summed E-state index contributed by atoms with van der Waals surface area (Å²) in [6.45, 7) is 0. The maximum absolute atomic E-state index is 9.74. The Morgan fingerprint density at radius 3 is 2.32 bits per heavy atom. The molecule has 0 unspecified atom stereocenters. The summed E-state index contributed by atoms with van der Waals surface area (Å²) < 4.78 is 0. The zero-order chi connectivity index (χ0) is 13.8. The molecule has 0 saturated heterocycles. The van der Waals surface area contributed by atoms with E-state index in [2.05, 4.69) is 5.16 Å². The van der Waals surface area contributed by atoms with Crippen molar-refractivity contribution in [2.45, 2.75) is 6.42 Å². The van der Waals surface area contributed by atoms with Crippen molar-refractivity contribution in [3.8, 4) is 11.5 Å². The van der Waals surface area contributed by atoms with Gasteiger partial charge in [0.25, 0.3) is 0 Å². The molecule has 98 valence electrons. The number of hydrogen-bond acceptors (Lipinski definition) is 4. The molecule has 0 saturated carbocycles. The van der Waals surface area contributed by atoms with Gasteiger partial charge in [-0.05, 0) is 29.8 Å². The molecule has 0 aromatic heterocycles. The molecule has 2 aromatic rings. The van der Waals surface area contributed by atoms with Gasteiger partial charge in [0.15, 0.2) is 0 Å². The average Bonchev–Trinajstić information content (AvgIpc) is 2.39. The van der Waals surface area contributed by atoms with Crippen LogP contribution in [0.4, 0.5) is 0 Å². The van der Waals surface area contributed by atoms with Crippen molar-refractivity contribution in [1.29, 1.82) is 0 Å². The summed E-state index contributed by atoms with van der Waals surface area (Å²) in [5, 5.41) is 31.9. The molecular formula is C14H12ClNO3. The lowest BCUT2D eigenvalue weighted by molar-refractivity contribution is 0.318. The Morgan fingerprint density at radius 2 is 1.74 bits per heavy atom. The summed E-state index contributed by atoms with van der Waals surface area (Å²) in [6, 6.07) is 11.2. The summed E-state index contributed by atoms with van der Waals surface area (Å²) in [5.74, 6) is -0.188. The summed E-state index contributed by atoms with van der Waals surface area (Å²) in [7, 11) is 0. The van der Waals surface area contributed by atoms with E-state index < -0.39 is 0 Å². The highest BCUT2D eigenvalue weighted by Gasteiger charge is 2.11. The lowest BCUT2D eigenvalue weighted by atomic mass is 10.0. The molecule has 0 bridgehead atoms. The van der Waals surface area contributed by atoms with Crippen LogP contribution in [0.3, 0.4) is 0 Å². The van der Waals surface area contributed by atoms with Crippen LogP contribution in [0.5, 0.6) is 11.5 Å². The third-order valence-corrected chi connectivity index (χ3v) is 2.95. The van der Waals surface area contributed by atoms with Gasteiger partial charge < -0.3 is 15.4 Å². The predicted octanol–water partition coefficient (Wildman–Crippen LogP) is 3.17. The van der Waals surface area contributed by atoms with E-state index in [1.54, 1.807) is 12.1 Å². The number of nitrogens with zero attached hydrogens (tertiary/aromatic N) is 1. The largest absolute Gasteiger partial charge is 0.508 e. The van der Waals surface area contributed by atoms with Crippen LogP contribution in [0.15, 0.2) is 47.6 Å². The van der Waals surface area contributed by atoms with Crippen molar-refractivity contribution in [2.24, 2.45) is 5.16 Å². The van der Waals surface area contributed by atoms with Gasteiger partial charge in [0.1, 0.15) is 11.5 Å². The molecule has 0 fully saturated rings. The van der Waals surface area contributed by atoms with Crippen LogP contribution in [-0.4, -0.2) is 21.1 Å². The van der Waals surface area contributed by atoms with Crippen LogP contribution in [0, 0.1) is 0 Å². The molecule has 2 aromatic carbocycles. The first kappa shape index (κ1) is 13.2. The zero-order valence-electron chi connectivity index (χ0n) is 9.92. The van der Waals surface area contributed by atoms with Crippen LogP contribution in [0.1, 0.15) is 11.1 Å². The van der Waals surface area contributed by atoms with Crippen molar-refractivity contribution in [1.82, 2.24) is 0 Å². The Hall–Kier alpha value is -2.20. The van der Waals surface area contributed by atoms with Crippen molar-refractivity contribution in [2.75, 3.05) is 0 Å². The van der Waals surface area contributed by atoms with Crippen molar-refractivity contribution >= 4 is 17.3 Å². The summed E-state index contributed by atoms with van der Waals surface area (Å²) in [6.07, 6.45) is 0.339. The van der Waals surface area contributed by atoms with E-state index in [1.165, 1.54) is 18.2 Å². The van der Waals surface area contributed by atoms with E-state index >= 15 is 0 Å². The number of phenolic OH excluding ortho intramolecular Hbond substituents is 2. The van der Waals surface area contributed by atoms with Crippen molar-refractivity contribution in [3.63, 3.8) is 0 Å². The molecule has 0 atom stereocenters. The quantitative estimate of drug-likeness (QED) is 0.458. The van der Waals surface area contributed by atoms with Crippen molar-refractivity contribution < 1.29 is 15.4 Å². The average molecular weight is 278 g/mol. The van der Waals surface area contributed by atoms with Gasteiger partial charge in [-0.2, -0.15) is 0 Å². The molecule has 0 aliphatic heterocycles. The van der Waals surface area contributed by atoms with Gasteiger partial charge in [-0.1, -0.05) is 28.9 Å². The topological polar surface area (TPSA) is 73.1 Å². The van der Waals surface area contributed by atoms with Gasteiger partial charge in [0.05, 0.1) is 5.71 Å². The second kappa shape index (κ2) is 5.63. The summed E-state index contributed by atoms with van der Waals surface area (Å²) >= 11 is 5.79. The maximum Gasteiger partial charge on any atom is 0.128 e. The first-order valence-electron chi connectivity index (χ1n) is 5.58. The van der Waals surface area contributed by atoms with Gasteiger partial charge in [-0.3, -0.25) is 0 Å². The molecular weight excluding hydrogens is 266 g/mol. The normalized spacial score (nSPS) is 11.5. The third-order valence-electron chi connectivity index (χ3n) is 2.70. The fourth-order valence-corrected chi connectivity index (χ4v) is 1.87. The molecule has 2 rings (SSSR count). The Balaban J connectivity index is 2.28. The molecule has 0 aliphatic carbocycles. The molecule has 0 aliphatic rings. The number of halogens is 1. The predicted molar refractivity (Wildman–Crippen MR) is 73.3 cm³/mol. The standard InChI is InChI=1S/C14H12ClNO3/c15-10-3-1-9(2-4-10)7-13(16-19)12-6-5-11(17)8-14(12)18/h1-6,8,17-19H,7H2. The smallest absolute Gasteiger partial charge is 0.128 e. The first-order chi connectivity index (χ1) is 9.10. The van der Waals surface area contributed by atoms with Gasteiger partial charge in [0.2, 0.25) is 0 Å². The minimum Gasteiger partial charge on any atom is -0.508 e. The number of oxime groups is 1. The first-order valence-corrected chi connectivity index (χ1v) is 5.95. The third kappa shape index (κ3) is 3.17. The fraction of sp³-hybridized carbons (Fsp3) is 0.0714. The molecule has 19 heavy (non-hydrogen) atoms. The minimum absolute atomic E-state index is 0.0509. The van der Waals surface area contributed by atoms with Crippen LogP contribution in [-0.2, 0) is 6.42 Å². The van der Waals surface area contributed by atoms with Crippen molar-refractivity contribution in [3.05, 3.63) is 58.6 Å². The maximum atomic E-state index is 9.74. The van der Waals surface area contributed by atoms with E-state index in [1.807, 2.05) is 12.1 Å². The fourth-order valence-electron chi connectivity index (χ4n) is 1.74. The second-order valence-electron chi connectivity index (χ2n) is 4.05. The Labute approximate surface area is 115 Å². The van der Waals surface area contributed by atoms with E-state index in [0.717, 1.165) is 5.56 Å². The van der Waals surface area contributed by atoms with E-state index in [9.17, 15) is 10.2 Å². The Kier molecular flexibility index (Phi) is 3.92. The molecule has 0 spiro atoms. The van der Waals surface area contributed by atoms with Gasteiger partial charge in [-0.25, -0.2) is 0 Å². The zero-order valence-corrected chi connectivity index (χ0v) is 10.7. The van der Waals surface area contributed by atoms with E-state index in [4.69, 9.17) is 16.8 Å². The lowest BCUT2D eigenvalue weighted by Gasteiger charge is -2.07. The van der Waals surface area contributed by atoms with Crippen LogP contribution >= 0.6 is 11.6 Å². The number of benzene rings is 2. The highest BCUT2D eigenvalue weighted by Crippen LogP contribution is 2.24. The molecule has 5 heteroatoms. The number of hydrogen-bond donors (Lipinski definition) is 3. The van der Waals surface area contributed by atoms with E-state index in [-0.39, 0.29) is 11.5 Å². The molecule has 3 N–H and O–H groups in total. The van der Waals surface area contributed by atoms with Gasteiger partial charge in [-0.15, -0.1) is 0 Å². The number of rotatable bonds is 3. The summed E-state index contributed by atoms with van der Waals surface area (Å²) in [4.78, 5) is 0. The number of phenols is 2. The van der Waals surface area contributed by atoms with Gasteiger partial charge in [0, 0.05) is 23.1 Å². The van der Waals surface area contributed by atoms with E-state index in [0.29, 0.717) is 22.7 Å². The molecule has 0 heterocycles. The number of aromatic hydroxyl groups is 2. The highest BCUT2D eigenvalue weighted by atomic mass is 35.5. The minimum atomic E-state index is -0.137. The molecule has 4 nitrogen and oxygen atoms in total. The summed E-state index contributed by atoms with van der Waals surface area (Å²) in [5.41, 5.74) is 1.57. The monoisotopic (exact) mass is 277 g/mol. The lowest BCUT2D eigenvalue weighted by Crippen LogP contribution is -2.05. The second-order valence-corrected chi connectivity index (χ2v) is 4.49. The van der Waals surface area contributed by atoms with Crippen LogP contribution in [0.25, 0.3) is 0 Å². The highest BCUT2D eigenvalue weighted by molar-refractivity contribution is 6.30. The molecule has 0 radical (unpaired) electrons. The van der Waals surface area contributed by atoms with Crippen LogP contribution in [0.2, 0.25) is 5.02 Å².